The fourth-order valence-electron chi connectivity index (χ4n) is 0.0510. The normalized spacial score (nSPS) is 9.25. The first-order valence-electron chi connectivity index (χ1n) is 2.11. The molecule has 3 heteroatoms. The van der Waals surface area contributed by atoms with E-state index in [1.807, 2.05) is 13.1 Å². The van der Waals surface area contributed by atoms with Gasteiger partial charge < -0.3 is 16.4 Å². The van der Waals surface area contributed by atoms with E-state index in [1.54, 1.807) is 7.11 Å². The second-order valence-electron chi connectivity index (χ2n) is 1.84. The Morgan fingerprint density at radius 1 is 1.50 bits per heavy atom. The molecule has 0 N–H and O–H groups in total. The van der Waals surface area contributed by atoms with Crippen molar-refractivity contribution in [2.45, 2.75) is 13.1 Å². The molecule has 0 saturated heterocycles. The summed E-state index contributed by atoms with van der Waals surface area (Å²) >= 11 is 0. The van der Waals surface area contributed by atoms with Gasteiger partial charge in [0.05, 0.1) is 0 Å². The average Bonchev–Trinajstić information content (AvgIpc) is 1.68. The molecule has 0 heterocycles. The van der Waals surface area contributed by atoms with Crippen LogP contribution in [-0.2, 0) is 4.43 Å². The molecule has 0 saturated carbocycles. The van der Waals surface area contributed by atoms with Gasteiger partial charge in [0.15, 0.2) is 0 Å². The molecule has 0 aromatic carbocycles. The molecule has 1 nitrogen and oxygen atoms in total. The zero-order valence-electron chi connectivity index (χ0n) is 5.62. The molecule has 0 amide bonds. The Labute approximate surface area is 45.8 Å². The van der Waals surface area contributed by atoms with Gasteiger partial charge >= 0.3 is 0 Å². The summed E-state index contributed by atoms with van der Waals surface area (Å²) in [4.78, 5) is 0. The molecule has 0 spiro atoms. The third-order valence-corrected chi connectivity index (χ3v) is 2.43. The Hall–Kier alpha value is -1.26. The van der Waals surface area contributed by atoms with Crippen LogP contribution < -0.4 is 0 Å². The van der Waals surface area contributed by atoms with E-state index >= 15 is 0 Å². The molecule has 0 aromatic rings. The van der Waals surface area contributed by atoms with Crippen LogP contribution in [0.3, 0.4) is 0 Å². The summed E-state index contributed by atoms with van der Waals surface area (Å²) in [6.45, 7) is 3.83. The Morgan fingerprint density at radius 3 is 1.88 bits per heavy atom. The van der Waals surface area contributed by atoms with E-state index in [0.29, 0.717) is 0 Å². The predicted molar refractivity (Wildman–Crippen MR) is 31.6 cm³/mol. The van der Waals surface area contributed by atoms with E-state index in [0.717, 1.165) is 0 Å². The topological polar surface area (TPSA) is 9.23 Å². The molecular weight excluding hydrogens is 371 g/mol. The van der Waals surface area contributed by atoms with Gasteiger partial charge in [0, 0.05) is 7.11 Å². The molecule has 0 unspecified atom stereocenters. The summed E-state index contributed by atoms with van der Waals surface area (Å²) in [6, 6.07) is 0. The van der Waals surface area contributed by atoms with E-state index in [1.165, 1.54) is 0 Å². The first kappa shape index (κ1) is 9.88. The zero-order chi connectivity index (χ0) is 5.91. The number of hydrogen-bond acceptors (Lipinski definition) is 1. The van der Waals surface area contributed by atoms with E-state index < -0.39 is 8.32 Å². The van der Waals surface area contributed by atoms with Crippen LogP contribution >= 0.6 is 0 Å². The van der Waals surface area contributed by atoms with Gasteiger partial charge in [0.25, 0.3) is 0 Å². The molecule has 42 valence electrons. The largest absolute Gasteiger partial charge is 0.699 e. The van der Waals surface area contributed by atoms with Crippen molar-refractivity contribution in [2.24, 2.45) is 0 Å². The molecule has 0 fully saturated rings. The quantitative estimate of drug-likeness (QED) is 0.374. The fraction of sp³-hybridized carbons (Fsp3) is 0.600. The second kappa shape index (κ2) is 2.84. The van der Waals surface area contributed by atoms with Crippen molar-refractivity contribution in [2.75, 3.05) is 7.11 Å². The van der Waals surface area contributed by atoms with Crippen LogP contribution in [0.1, 0.15) is 0 Å². The van der Waals surface area contributed by atoms with Crippen LogP contribution in [0.4, 0.5) is 0 Å². The minimum absolute atomic E-state index is 0. The molecule has 8 heavy (non-hydrogen) atoms. The van der Waals surface area contributed by atoms with Crippen LogP contribution in [0.2, 0.25) is 13.1 Å². The van der Waals surface area contributed by atoms with Gasteiger partial charge in [-0.05, 0) is 13.1 Å². The van der Waals surface area contributed by atoms with E-state index in [-0.39, 0.29) is 0 Å². The van der Waals surface area contributed by atoms with Gasteiger partial charge in [-0.1, -0.05) is 0 Å². The smallest absolute Gasteiger partial charge is 0.224 e. The third kappa shape index (κ3) is 2.95. The van der Waals surface area contributed by atoms with Crippen molar-refractivity contribution in [3.8, 4) is 5.54 Å². The standard InChI is InChI=1S/C5H9OSi.Rf/c1-5-7(3,4)6-2;/h2-4H3;/q-1;. The summed E-state index contributed by atoms with van der Waals surface area (Å²) in [5.41, 5.74) is 2.36. The molecule has 0 aliphatic carbocycles. The van der Waals surface area contributed by atoms with Gasteiger partial charge in [-0.2, -0.15) is 0 Å². The van der Waals surface area contributed by atoms with Crippen LogP contribution in [0.25, 0.3) is 0 Å². The summed E-state index contributed by atoms with van der Waals surface area (Å²) in [7, 11) is -0.116. The maximum absolute atomic E-state index is 6.69. The zero-order valence-corrected chi connectivity index (χ0v) is 13.0. The Bertz CT molecular complexity index is 95.1. The van der Waals surface area contributed by atoms with Gasteiger partial charge in [-0.3, -0.25) is 0 Å². The van der Waals surface area contributed by atoms with Crippen molar-refractivity contribution >= 4 is 8.32 Å². The average molecular weight is 380 g/mol. The van der Waals surface area contributed by atoms with Crippen LogP contribution in [0.5, 0.6) is 0 Å². The molecule has 0 atom stereocenters. The molecule has 0 rings (SSSR count). The minimum Gasteiger partial charge on any atom is -0.699 e. The maximum atomic E-state index is 6.69. The minimum atomic E-state index is -1.73. The Balaban J connectivity index is 0. The first-order valence-corrected chi connectivity index (χ1v) is 5.02. The summed E-state index contributed by atoms with van der Waals surface area (Å²) in [6.07, 6.45) is 6.69. The van der Waals surface area contributed by atoms with Gasteiger partial charge in [-0.25, -0.2) is 0 Å². The second-order valence-corrected chi connectivity index (χ2v) is 5.52. The molecule has 0 aromatic heterocycles. The Morgan fingerprint density at radius 2 is 1.88 bits per heavy atom. The van der Waals surface area contributed by atoms with Crippen molar-refractivity contribution in [3.05, 3.63) is 6.42 Å². The number of rotatable bonds is 1. The third-order valence-electron chi connectivity index (χ3n) is 0.811. The number of hydrogen-bond donors (Lipinski definition) is 0. The summed E-state index contributed by atoms with van der Waals surface area (Å²) in [5, 5.41) is 0. The van der Waals surface area contributed by atoms with Gasteiger partial charge in [0.1, 0.15) is 0 Å². The fourth-order valence-corrected chi connectivity index (χ4v) is 0.153. The molecule has 0 bridgehead atoms. The molecule has 0 radical (unpaired) electrons. The monoisotopic (exact) mass is 380 g/mol. The summed E-state index contributed by atoms with van der Waals surface area (Å²) in [5.74, 6) is 0. The van der Waals surface area contributed by atoms with Crippen molar-refractivity contribution in [3.63, 3.8) is 0 Å². The SMILES string of the molecule is [C-]#C[Si](C)(C)OC.[Rf]. The van der Waals surface area contributed by atoms with Gasteiger partial charge in [-0.15, -0.1) is 0 Å². The van der Waals surface area contributed by atoms with E-state index in [4.69, 9.17) is 10.8 Å². The first-order chi connectivity index (χ1) is 3.12. The van der Waals surface area contributed by atoms with Crippen molar-refractivity contribution < 1.29 is 4.43 Å². The van der Waals surface area contributed by atoms with E-state index in [2.05, 4.69) is 5.54 Å². The molecular formula is C5H9ORfSi-. The van der Waals surface area contributed by atoms with Crippen molar-refractivity contribution in [1.29, 1.82) is 0 Å². The predicted octanol–water partition coefficient (Wildman–Crippen LogP) is 0.967. The molecule has 0 aliphatic heterocycles. The molecule has 0 aliphatic rings. The van der Waals surface area contributed by atoms with E-state index in [9.17, 15) is 0 Å². The van der Waals surface area contributed by atoms with Gasteiger partial charge in [0.2, 0.25) is 8.32 Å². The van der Waals surface area contributed by atoms with Crippen LogP contribution in [0.15, 0.2) is 0 Å². The Kier molecular flexibility index (Phi) is 3.50. The van der Waals surface area contributed by atoms with Crippen LogP contribution in [-0.4, -0.2) is 15.4 Å². The van der Waals surface area contributed by atoms with Crippen LogP contribution in [0, 0.1) is 12.0 Å². The maximum Gasteiger partial charge on any atom is 0.224 e. The summed E-state index contributed by atoms with van der Waals surface area (Å²) < 4.78 is 4.93. The van der Waals surface area contributed by atoms with Crippen molar-refractivity contribution in [1.82, 2.24) is 0 Å².